The van der Waals surface area contributed by atoms with Crippen molar-refractivity contribution in [1.82, 2.24) is 15.5 Å². The number of guanidine groups is 1. The van der Waals surface area contributed by atoms with Crippen LogP contribution >= 0.6 is 0 Å². The van der Waals surface area contributed by atoms with E-state index in [1.807, 2.05) is 7.05 Å². The van der Waals surface area contributed by atoms with Crippen LogP contribution in [0.2, 0.25) is 0 Å². The normalized spacial score (nSPS) is 33.7. The smallest absolute Gasteiger partial charge is 0.253 e. The van der Waals surface area contributed by atoms with Crippen molar-refractivity contribution >= 4 is 11.9 Å². The second kappa shape index (κ2) is 3.81. The summed E-state index contributed by atoms with van der Waals surface area (Å²) in [7, 11) is 2.03. The second-order valence-electron chi connectivity index (χ2n) is 4.38. The van der Waals surface area contributed by atoms with Gasteiger partial charge in [0.1, 0.15) is 5.54 Å². The molecule has 2 aliphatic rings. The molecule has 0 aliphatic carbocycles. The molecule has 2 saturated heterocycles. The topological polar surface area (TPSA) is 56.7 Å². The van der Waals surface area contributed by atoms with Crippen LogP contribution in [0.4, 0.5) is 0 Å². The fourth-order valence-electron chi connectivity index (χ4n) is 2.13. The van der Waals surface area contributed by atoms with Crippen LogP contribution in [0.15, 0.2) is 4.99 Å². The second-order valence-corrected chi connectivity index (χ2v) is 4.38. The number of hydrogen-bond acceptors (Lipinski definition) is 3. The first-order chi connectivity index (χ1) is 7.16. The SMILES string of the molecule is CCCN=C1NC(=O)C2(CCN(C)C2)N1. The molecule has 2 aliphatic heterocycles. The minimum Gasteiger partial charge on any atom is -0.341 e. The number of aliphatic imine (C=N–C) groups is 1. The zero-order chi connectivity index (χ0) is 10.9. The number of rotatable bonds is 2. The van der Waals surface area contributed by atoms with E-state index in [0.29, 0.717) is 5.96 Å². The van der Waals surface area contributed by atoms with Crippen molar-refractivity contribution in [2.45, 2.75) is 25.3 Å². The van der Waals surface area contributed by atoms with E-state index < -0.39 is 5.54 Å². The van der Waals surface area contributed by atoms with Crippen molar-refractivity contribution in [2.24, 2.45) is 4.99 Å². The van der Waals surface area contributed by atoms with Gasteiger partial charge in [-0.25, -0.2) is 0 Å². The number of carbonyl (C=O) groups excluding carboxylic acids is 1. The quantitative estimate of drug-likeness (QED) is 0.649. The van der Waals surface area contributed by atoms with Gasteiger partial charge in [0.2, 0.25) is 0 Å². The number of carbonyl (C=O) groups is 1. The van der Waals surface area contributed by atoms with Gasteiger partial charge in [0, 0.05) is 19.6 Å². The van der Waals surface area contributed by atoms with Gasteiger partial charge in [-0.1, -0.05) is 6.92 Å². The molecule has 2 rings (SSSR count). The fourth-order valence-corrected chi connectivity index (χ4v) is 2.13. The molecule has 2 heterocycles. The highest BCUT2D eigenvalue weighted by Crippen LogP contribution is 2.23. The minimum atomic E-state index is -0.415. The van der Waals surface area contributed by atoms with Crippen LogP contribution in [-0.4, -0.2) is 49.0 Å². The number of likely N-dealkylation sites (tertiary alicyclic amines) is 1. The number of nitrogens with one attached hydrogen (secondary N) is 2. The molecule has 0 aromatic carbocycles. The van der Waals surface area contributed by atoms with E-state index >= 15 is 0 Å². The first-order valence-electron chi connectivity index (χ1n) is 5.49. The van der Waals surface area contributed by atoms with Crippen LogP contribution in [0, 0.1) is 0 Å². The summed E-state index contributed by atoms with van der Waals surface area (Å²) in [5.74, 6) is 0.721. The molecular formula is C10H18N4O. The first-order valence-corrected chi connectivity index (χ1v) is 5.49. The van der Waals surface area contributed by atoms with E-state index in [9.17, 15) is 4.79 Å². The highest BCUT2D eigenvalue weighted by atomic mass is 16.2. The third-order valence-electron chi connectivity index (χ3n) is 2.98. The standard InChI is InChI=1S/C10H18N4O/c1-3-5-11-9-12-8(15)10(13-9)4-6-14(2)7-10/h3-7H2,1-2H3,(H2,11,12,13,15). The lowest BCUT2D eigenvalue weighted by Crippen LogP contribution is -2.48. The van der Waals surface area contributed by atoms with Crippen molar-refractivity contribution in [1.29, 1.82) is 0 Å². The Bertz CT molecular complexity index is 302. The highest BCUT2D eigenvalue weighted by Gasteiger charge is 2.48. The monoisotopic (exact) mass is 210 g/mol. The van der Waals surface area contributed by atoms with Gasteiger partial charge in [-0.3, -0.25) is 15.1 Å². The molecule has 0 bridgehead atoms. The number of hydrogen-bond donors (Lipinski definition) is 2. The maximum atomic E-state index is 11.8. The van der Waals surface area contributed by atoms with Gasteiger partial charge in [0.15, 0.2) is 5.96 Å². The highest BCUT2D eigenvalue weighted by molar-refractivity contribution is 6.09. The van der Waals surface area contributed by atoms with Crippen molar-refractivity contribution < 1.29 is 4.79 Å². The average molecular weight is 210 g/mol. The van der Waals surface area contributed by atoms with E-state index in [-0.39, 0.29) is 5.91 Å². The molecular weight excluding hydrogens is 192 g/mol. The summed E-state index contributed by atoms with van der Waals surface area (Å²) in [5, 5.41) is 6.04. The minimum absolute atomic E-state index is 0.0710. The van der Waals surface area contributed by atoms with Crippen LogP contribution in [0.5, 0.6) is 0 Å². The Hall–Kier alpha value is -1.10. The summed E-state index contributed by atoms with van der Waals surface area (Å²) in [6, 6.07) is 0. The summed E-state index contributed by atoms with van der Waals surface area (Å²) < 4.78 is 0. The van der Waals surface area contributed by atoms with Crippen LogP contribution in [0.3, 0.4) is 0 Å². The molecule has 5 nitrogen and oxygen atoms in total. The van der Waals surface area contributed by atoms with Gasteiger partial charge in [0.25, 0.3) is 5.91 Å². The Morgan fingerprint density at radius 2 is 2.40 bits per heavy atom. The van der Waals surface area contributed by atoms with Gasteiger partial charge >= 0.3 is 0 Å². The summed E-state index contributed by atoms with van der Waals surface area (Å²) in [6.45, 7) is 4.56. The molecule has 5 heteroatoms. The van der Waals surface area contributed by atoms with Crippen molar-refractivity contribution in [3.05, 3.63) is 0 Å². The zero-order valence-electron chi connectivity index (χ0n) is 9.34. The lowest BCUT2D eigenvalue weighted by molar-refractivity contribution is -0.123. The van der Waals surface area contributed by atoms with Crippen molar-refractivity contribution in [3.63, 3.8) is 0 Å². The van der Waals surface area contributed by atoms with Crippen LogP contribution in [0.25, 0.3) is 0 Å². The molecule has 1 atom stereocenters. The Balaban J connectivity index is 2.07. The summed E-state index contributed by atoms with van der Waals surface area (Å²) >= 11 is 0. The zero-order valence-corrected chi connectivity index (χ0v) is 9.34. The van der Waals surface area contributed by atoms with Crippen LogP contribution < -0.4 is 10.6 Å². The molecule has 84 valence electrons. The first kappa shape index (κ1) is 10.4. The van der Waals surface area contributed by atoms with Gasteiger partial charge in [-0.05, 0) is 19.9 Å². The Labute approximate surface area is 89.9 Å². The summed E-state index contributed by atoms with van der Waals surface area (Å²) in [4.78, 5) is 18.3. The molecule has 0 aromatic rings. The molecule has 1 unspecified atom stereocenters. The van der Waals surface area contributed by atoms with E-state index in [1.54, 1.807) is 0 Å². The van der Waals surface area contributed by atoms with Crippen molar-refractivity contribution in [3.8, 4) is 0 Å². The van der Waals surface area contributed by atoms with Crippen LogP contribution in [0.1, 0.15) is 19.8 Å². The van der Waals surface area contributed by atoms with Crippen LogP contribution in [-0.2, 0) is 4.79 Å². The molecule has 15 heavy (non-hydrogen) atoms. The van der Waals surface area contributed by atoms with Gasteiger partial charge in [-0.15, -0.1) is 0 Å². The molecule has 0 aromatic heterocycles. The molecule has 0 saturated carbocycles. The molecule has 1 amide bonds. The summed E-state index contributed by atoms with van der Waals surface area (Å²) in [5.41, 5.74) is -0.415. The van der Waals surface area contributed by atoms with E-state index in [0.717, 1.165) is 32.5 Å². The predicted molar refractivity (Wildman–Crippen MR) is 58.7 cm³/mol. The molecule has 0 radical (unpaired) electrons. The summed E-state index contributed by atoms with van der Waals surface area (Å²) in [6.07, 6.45) is 1.86. The predicted octanol–water partition coefficient (Wildman–Crippen LogP) is -0.454. The lowest BCUT2D eigenvalue weighted by Gasteiger charge is -2.19. The largest absolute Gasteiger partial charge is 0.341 e. The van der Waals surface area contributed by atoms with E-state index in [2.05, 4.69) is 27.4 Å². The van der Waals surface area contributed by atoms with Gasteiger partial charge in [0.05, 0.1) is 0 Å². The Kier molecular flexibility index (Phi) is 2.65. The number of amides is 1. The fraction of sp³-hybridized carbons (Fsp3) is 0.800. The molecule has 2 fully saturated rings. The average Bonchev–Trinajstić information content (AvgIpc) is 2.70. The van der Waals surface area contributed by atoms with Gasteiger partial charge < -0.3 is 10.2 Å². The third-order valence-corrected chi connectivity index (χ3v) is 2.98. The third kappa shape index (κ3) is 1.84. The Morgan fingerprint density at radius 3 is 3.00 bits per heavy atom. The maximum Gasteiger partial charge on any atom is 0.253 e. The Morgan fingerprint density at radius 1 is 1.60 bits per heavy atom. The van der Waals surface area contributed by atoms with Crippen molar-refractivity contribution in [2.75, 3.05) is 26.7 Å². The van der Waals surface area contributed by atoms with Gasteiger partial charge in [-0.2, -0.15) is 0 Å². The number of likely N-dealkylation sites (N-methyl/N-ethyl adjacent to an activating group) is 1. The molecule has 2 N–H and O–H groups in total. The van der Waals surface area contributed by atoms with E-state index in [4.69, 9.17) is 0 Å². The number of nitrogens with zero attached hydrogens (tertiary/aromatic N) is 2. The van der Waals surface area contributed by atoms with E-state index in [1.165, 1.54) is 0 Å². The lowest BCUT2D eigenvalue weighted by atomic mass is 10.00. The maximum absolute atomic E-state index is 11.8. The molecule has 1 spiro atoms.